The van der Waals surface area contributed by atoms with E-state index in [-0.39, 0.29) is 0 Å². The minimum atomic E-state index is -0.616. The molecule has 0 aromatic heterocycles. The van der Waals surface area contributed by atoms with E-state index >= 15 is 0 Å². The van der Waals surface area contributed by atoms with Gasteiger partial charge in [0.1, 0.15) is 0 Å². The van der Waals surface area contributed by atoms with Crippen LogP contribution in [0, 0.1) is 5.92 Å². The molecule has 0 aliphatic carbocycles. The highest BCUT2D eigenvalue weighted by Gasteiger charge is 2.49. The lowest BCUT2D eigenvalue weighted by Gasteiger charge is -2.09. The first-order valence-electron chi connectivity index (χ1n) is 2.68. The van der Waals surface area contributed by atoms with Crippen LogP contribution in [0.15, 0.2) is 0 Å². The second kappa shape index (κ2) is 1.26. The van der Waals surface area contributed by atoms with Gasteiger partial charge in [-0.2, -0.15) is 0 Å². The van der Waals surface area contributed by atoms with Crippen molar-refractivity contribution in [3.63, 3.8) is 0 Å². The molecule has 0 aromatic carbocycles. The molecule has 9 heavy (non-hydrogen) atoms. The second-order valence-corrected chi connectivity index (χ2v) is 2.09. The Morgan fingerprint density at radius 3 is 2.00 bits per heavy atom. The Labute approximate surface area is 50.7 Å². The first kappa shape index (κ1) is 4.78. The van der Waals surface area contributed by atoms with Gasteiger partial charge in [-0.05, 0) is 0 Å². The fourth-order valence-electron chi connectivity index (χ4n) is 1.02. The third-order valence-corrected chi connectivity index (χ3v) is 1.49. The Hall–Kier alpha value is -1.06. The van der Waals surface area contributed by atoms with Crippen molar-refractivity contribution in [3.05, 3.63) is 0 Å². The average Bonchev–Trinajstić information content (AvgIpc) is 2.22. The van der Waals surface area contributed by atoms with E-state index in [4.69, 9.17) is 0 Å². The van der Waals surface area contributed by atoms with Crippen molar-refractivity contribution in [2.45, 2.75) is 12.7 Å². The predicted octanol–water partition coefficient (Wildman–Crippen LogP) is -0.568. The molecule has 2 fully saturated rings. The van der Waals surface area contributed by atoms with Gasteiger partial charge in [-0.15, -0.1) is 0 Å². The Balaban J connectivity index is 2.31. The minimum absolute atomic E-state index is 0.414. The highest BCUT2D eigenvalue weighted by Crippen LogP contribution is 2.30. The van der Waals surface area contributed by atoms with Gasteiger partial charge < -0.3 is 9.47 Å². The van der Waals surface area contributed by atoms with Crippen LogP contribution in [0.25, 0.3) is 0 Å². The normalized spacial score (nSPS) is 38.7. The molecule has 0 radical (unpaired) electrons. The van der Waals surface area contributed by atoms with Gasteiger partial charge >= 0.3 is 11.9 Å². The van der Waals surface area contributed by atoms with Crippen LogP contribution >= 0.6 is 0 Å². The molecule has 0 saturated carbocycles. The van der Waals surface area contributed by atoms with Gasteiger partial charge in [0.25, 0.3) is 0 Å². The van der Waals surface area contributed by atoms with Crippen LogP contribution in [0.2, 0.25) is 0 Å². The number of hydrogen-bond donors (Lipinski definition) is 0. The Morgan fingerprint density at radius 1 is 1.22 bits per heavy atom. The summed E-state index contributed by atoms with van der Waals surface area (Å²) in [6.45, 7) is 0. The maximum absolute atomic E-state index is 10.5. The van der Waals surface area contributed by atoms with Crippen LogP contribution in [0.3, 0.4) is 0 Å². The molecule has 0 unspecified atom stereocenters. The molecule has 0 aromatic rings. The lowest BCUT2D eigenvalue weighted by molar-refractivity contribution is -0.185. The largest absolute Gasteiger partial charge is 0.424 e. The molecular formula is C5H4O4. The molecule has 2 heterocycles. The molecule has 0 spiro atoms. The standard InChI is InChI=1S/C5H4O4/c6-4-2-1-3(8-4)9-5(2)7/h2-3H,1H2. The van der Waals surface area contributed by atoms with Gasteiger partial charge in [0.05, 0.1) is 0 Å². The van der Waals surface area contributed by atoms with Crippen molar-refractivity contribution in [1.29, 1.82) is 0 Å². The maximum Gasteiger partial charge on any atom is 0.323 e. The van der Waals surface area contributed by atoms with E-state index in [0.29, 0.717) is 6.42 Å². The summed E-state index contributed by atoms with van der Waals surface area (Å²) in [4.78, 5) is 21.0. The number of esters is 2. The third kappa shape index (κ3) is 0.472. The summed E-state index contributed by atoms with van der Waals surface area (Å²) < 4.78 is 9.10. The first-order chi connectivity index (χ1) is 4.27. The molecule has 0 amide bonds. The first-order valence-corrected chi connectivity index (χ1v) is 2.68. The van der Waals surface area contributed by atoms with Crippen molar-refractivity contribution < 1.29 is 19.1 Å². The maximum atomic E-state index is 10.5. The van der Waals surface area contributed by atoms with Gasteiger partial charge in [0, 0.05) is 6.42 Å². The van der Waals surface area contributed by atoms with Crippen LogP contribution in [0.4, 0.5) is 0 Å². The molecule has 2 bridgehead atoms. The summed E-state index contributed by atoms with van der Waals surface area (Å²) >= 11 is 0. The summed E-state index contributed by atoms with van der Waals surface area (Å²) in [5.74, 6) is -1.48. The fourth-order valence-corrected chi connectivity index (χ4v) is 1.02. The van der Waals surface area contributed by atoms with Crippen LogP contribution in [-0.4, -0.2) is 18.2 Å². The summed E-state index contributed by atoms with van der Waals surface area (Å²) in [5, 5.41) is 0. The van der Waals surface area contributed by atoms with Gasteiger partial charge in [-0.25, -0.2) is 0 Å². The highest BCUT2D eigenvalue weighted by atomic mass is 16.7. The van der Waals surface area contributed by atoms with Crippen LogP contribution in [0.5, 0.6) is 0 Å². The van der Waals surface area contributed by atoms with Gasteiger partial charge in [0.15, 0.2) is 5.92 Å². The van der Waals surface area contributed by atoms with Gasteiger partial charge in [-0.1, -0.05) is 0 Å². The Bertz CT molecular complexity index is 167. The summed E-state index contributed by atoms with van der Waals surface area (Å²) in [6, 6.07) is 0. The number of carbonyl (C=O) groups is 2. The van der Waals surface area contributed by atoms with E-state index < -0.39 is 24.1 Å². The number of carbonyl (C=O) groups excluding carboxylic acids is 2. The van der Waals surface area contributed by atoms with E-state index in [1.54, 1.807) is 0 Å². The van der Waals surface area contributed by atoms with E-state index in [1.165, 1.54) is 0 Å². The van der Waals surface area contributed by atoms with Crippen molar-refractivity contribution >= 4 is 11.9 Å². The zero-order valence-electron chi connectivity index (χ0n) is 4.49. The topological polar surface area (TPSA) is 52.6 Å². The molecule has 2 aliphatic heterocycles. The molecule has 0 N–H and O–H groups in total. The molecule has 0 atom stereocenters. The van der Waals surface area contributed by atoms with Crippen LogP contribution in [-0.2, 0) is 19.1 Å². The predicted molar refractivity (Wildman–Crippen MR) is 24.1 cm³/mol. The number of hydrogen-bond acceptors (Lipinski definition) is 4. The quantitative estimate of drug-likeness (QED) is 0.324. The fraction of sp³-hybridized carbons (Fsp3) is 0.600. The molecular weight excluding hydrogens is 124 g/mol. The van der Waals surface area contributed by atoms with Crippen molar-refractivity contribution in [3.8, 4) is 0 Å². The van der Waals surface area contributed by atoms with E-state index in [9.17, 15) is 9.59 Å². The van der Waals surface area contributed by atoms with Crippen molar-refractivity contribution in [2.24, 2.45) is 5.92 Å². The van der Waals surface area contributed by atoms with Crippen LogP contribution in [0.1, 0.15) is 6.42 Å². The smallest absolute Gasteiger partial charge is 0.323 e. The zero-order chi connectivity index (χ0) is 6.43. The molecule has 4 heteroatoms. The lowest BCUT2D eigenvalue weighted by atomic mass is 10.1. The molecule has 2 aliphatic rings. The van der Waals surface area contributed by atoms with Gasteiger partial charge in [-0.3, -0.25) is 9.59 Å². The SMILES string of the molecule is O=C1OC2CC1C(=O)O2. The average molecular weight is 128 g/mol. The third-order valence-electron chi connectivity index (χ3n) is 1.49. The van der Waals surface area contributed by atoms with E-state index in [0.717, 1.165) is 0 Å². The van der Waals surface area contributed by atoms with Gasteiger partial charge in [0.2, 0.25) is 6.29 Å². The molecule has 4 nitrogen and oxygen atoms in total. The molecule has 48 valence electrons. The molecule has 2 rings (SSSR count). The number of fused-ring (bicyclic) bond motifs is 2. The monoisotopic (exact) mass is 128 g/mol. The summed E-state index contributed by atoms with van der Waals surface area (Å²) in [6.07, 6.45) is -0.160. The van der Waals surface area contributed by atoms with E-state index in [2.05, 4.69) is 9.47 Å². The molecule has 2 saturated heterocycles. The zero-order valence-corrected chi connectivity index (χ0v) is 4.49. The Morgan fingerprint density at radius 2 is 1.78 bits per heavy atom. The van der Waals surface area contributed by atoms with Crippen molar-refractivity contribution in [2.75, 3.05) is 0 Å². The summed E-state index contributed by atoms with van der Waals surface area (Å²) in [5.41, 5.74) is 0. The lowest BCUT2D eigenvalue weighted by Crippen LogP contribution is -2.24. The Kier molecular flexibility index (Phi) is 0.670. The summed E-state index contributed by atoms with van der Waals surface area (Å²) in [7, 11) is 0. The number of ether oxygens (including phenoxy) is 2. The number of rotatable bonds is 0. The van der Waals surface area contributed by atoms with E-state index in [1.807, 2.05) is 0 Å². The van der Waals surface area contributed by atoms with Crippen molar-refractivity contribution in [1.82, 2.24) is 0 Å². The highest BCUT2D eigenvalue weighted by molar-refractivity contribution is 5.98. The second-order valence-electron chi connectivity index (χ2n) is 2.09. The van der Waals surface area contributed by atoms with Crippen LogP contribution < -0.4 is 0 Å². The minimum Gasteiger partial charge on any atom is -0.424 e.